The molecule has 0 heterocycles. The van der Waals surface area contributed by atoms with E-state index in [1.807, 2.05) is 56.0 Å². The molecule has 0 aliphatic carbocycles. The van der Waals surface area contributed by atoms with Gasteiger partial charge in [0.2, 0.25) is 0 Å². The van der Waals surface area contributed by atoms with Crippen molar-refractivity contribution in [3.63, 3.8) is 0 Å². The predicted octanol–water partition coefficient (Wildman–Crippen LogP) is 2.21. The maximum Gasteiger partial charge on any atom is 0.529 e. The third kappa shape index (κ3) is 8.41. The van der Waals surface area contributed by atoms with Crippen LogP contribution in [0.4, 0.5) is 0 Å². The Bertz CT molecular complexity index is 423. The van der Waals surface area contributed by atoms with Crippen LogP contribution in [0.1, 0.15) is 25.8 Å². The Morgan fingerprint density at radius 2 is 1.74 bits per heavy atom. The molecule has 6 heteroatoms. The summed E-state index contributed by atoms with van der Waals surface area (Å²) in [5.41, 5.74) is 8.53. The largest absolute Gasteiger partial charge is 0.529 e. The van der Waals surface area contributed by atoms with Crippen LogP contribution in [0.15, 0.2) is 36.0 Å². The van der Waals surface area contributed by atoms with Gasteiger partial charge in [0.15, 0.2) is 0 Å². The van der Waals surface area contributed by atoms with Gasteiger partial charge in [0.1, 0.15) is 0 Å². The molecule has 5 nitrogen and oxygen atoms in total. The maximum atomic E-state index is 6.05. The SMILES string of the molecule is CCO[Si](C=Cc1ccccc1)(OCC)OCCCNCCN. The molecule has 23 heavy (non-hydrogen) atoms. The Kier molecular flexibility index (Phi) is 10.8. The Morgan fingerprint density at radius 3 is 2.35 bits per heavy atom. The van der Waals surface area contributed by atoms with Crippen molar-refractivity contribution in [1.82, 2.24) is 5.32 Å². The van der Waals surface area contributed by atoms with Crippen LogP contribution in [-0.2, 0) is 13.3 Å². The van der Waals surface area contributed by atoms with Crippen molar-refractivity contribution < 1.29 is 13.3 Å². The molecule has 0 unspecified atom stereocenters. The van der Waals surface area contributed by atoms with E-state index in [1.54, 1.807) is 0 Å². The lowest BCUT2D eigenvalue weighted by Gasteiger charge is -2.26. The van der Waals surface area contributed by atoms with Crippen molar-refractivity contribution in [3.05, 3.63) is 41.6 Å². The van der Waals surface area contributed by atoms with Gasteiger partial charge in [-0.1, -0.05) is 36.4 Å². The first kappa shape index (κ1) is 20.0. The minimum Gasteiger partial charge on any atom is -0.371 e. The Hall–Kier alpha value is -1.02. The molecule has 0 amide bonds. The number of hydrogen-bond acceptors (Lipinski definition) is 5. The van der Waals surface area contributed by atoms with E-state index in [2.05, 4.69) is 5.32 Å². The average molecular weight is 339 g/mol. The second-order valence-electron chi connectivity index (χ2n) is 4.95. The number of rotatable bonds is 13. The van der Waals surface area contributed by atoms with Gasteiger partial charge in [-0.05, 0) is 38.1 Å². The van der Waals surface area contributed by atoms with Gasteiger partial charge in [0.25, 0.3) is 0 Å². The summed E-state index contributed by atoms with van der Waals surface area (Å²) in [7, 11) is -2.78. The molecule has 0 radical (unpaired) electrons. The Morgan fingerprint density at radius 1 is 1.04 bits per heavy atom. The number of nitrogens with two attached hydrogens (primary N) is 1. The van der Waals surface area contributed by atoms with Crippen molar-refractivity contribution >= 4 is 14.9 Å². The van der Waals surface area contributed by atoms with Crippen LogP contribution >= 0.6 is 0 Å². The normalized spacial score (nSPS) is 12.1. The van der Waals surface area contributed by atoms with Crippen molar-refractivity contribution in [2.45, 2.75) is 20.3 Å². The highest BCUT2D eigenvalue weighted by Crippen LogP contribution is 2.15. The molecule has 0 aliphatic rings. The first-order chi connectivity index (χ1) is 11.3. The monoisotopic (exact) mass is 338 g/mol. The molecule has 0 saturated heterocycles. The van der Waals surface area contributed by atoms with Crippen molar-refractivity contribution in [3.8, 4) is 0 Å². The van der Waals surface area contributed by atoms with Crippen molar-refractivity contribution in [2.24, 2.45) is 5.73 Å². The summed E-state index contributed by atoms with van der Waals surface area (Å²) in [5.74, 6) is 0. The lowest BCUT2D eigenvalue weighted by Crippen LogP contribution is -2.45. The topological polar surface area (TPSA) is 65.7 Å². The fourth-order valence-corrected chi connectivity index (χ4v) is 4.24. The molecule has 1 rings (SSSR count). The lowest BCUT2D eigenvalue weighted by atomic mass is 10.2. The van der Waals surface area contributed by atoms with Gasteiger partial charge in [0, 0.05) is 32.9 Å². The van der Waals surface area contributed by atoms with Gasteiger partial charge in [-0.25, -0.2) is 0 Å². The van der Waals surface area contributed by atoms with Crippen LogP contribution in [-0.4, -0.2) is 48.3 Å². The summed E-state index contributed by atoms with van der Waals surface area (Å²) in [6, 6.07) is 10.1. The van der Waals surface area contributed by atoms with Gasteiger partial charge >= 0.3 is 8.80 Å². The fraction of sp³-hybridized carbons (Fsp3) is 0.529. The summed E-state index contributed by atoms with van der Waals surface area (Å²) >= 11 is 0. The summed E-state index contributed by atoms with van der Waals surface area (Å²) in [6.07, 6.45) is 2.91. The zero-order valence-electron chi connectivity index (χ0n) is 14.3. The molecule has 0 aliphatic heterocycles. The van der Waals surface area contributed by atoms with Gasteiger partial charge < -0.3 is 24.3 Å². The number of nitrogens with one attached hydrogen (secondary N) is 1. The fourth-order valence-electron chi connectivity index (χ4n) is 2.07. The van der Waals surface area contributed by atoms with E-state index in [-0.39, 0.29) is 0 Å². The van der Waals surface area contributed by atoms with Gasteiger partial charge in [-0.2, -0.15) is 0 Å². The third-order valence-corrected chi connectivity index (χ3v) is 5.66. The van der Waals surface area contributed by atoms with Crippen LogP contribution in [0, 0.1) is 0 Å². The molecule has 1 aromatic rings. The van der Waals surface area contributed by atoms with Crippen LogP contribution in [0.2, 0.25) is 0 Å². The first-order valence-electron chi connectivity index (χ1n) is 8.33. The van der Waals surface area contributed by atoms with E-state index in [4.69, 9.17) is 19.0 Å². The molecular weight excluding hydrogens is 308 g/mol. The second-order valence-corrected chi connectivity index (χ2v) is 7.36. The minimum absolute atomic E-state index is 0.566. The summed E-state index contributed by atoms with van der Waals surface area (Å²) in [5, 5.41) is 3.25. The molecule has 0 bridgehead atoms. The summed E-state index contributed by atoms with van der Waals surface area (Å²) in [6.45, 7) is 8.01. The number of benzene rings is 1. The molecule has 1 aromatic carbocycles. The Balaban J connectivity index is 2.62. The van der Waals surface area contributed by atoms with E-state index in [0.29, 0.717) is 26.4 Å². The smallest absolute Gasteiger partial charge is 0.371 e. The van der Waals surface area contributed by atoms with Crippen LogP contribution in [0.3, 0.4) is 0 Å². The first-order valence-corrected chi connectivity index (χ1v) is 10.1. The Labute approximate surface area is 141 Å². The highest BCUT2D eigenvalue weighted by Gasteiger charge is 2.37. The molecule has 0 fully saturated rings. The van der Waals surface area contributed by atoms with E-state index in [1.165, 1.54) is 0 Å². The molecule has 130 valence electrons. The lowest BCUT2D eigenvalue weighted by molar-refractivity contribution is 0.0791. The minimum atomic E-state index is -2.78. The second kappa shape index (κ2) is 12.4. The zero-order valence-corrected chi connectivity index (χ0v) is 15.3. The molecule has 0 aromatic heterocycles. The molecular formula is C17H30N2O3Si. The van der Waals surface area contributed by atoms with Crippen molar-refractivity contribution in [2.75, 3.05) is 39.5 Å². The zero-order chi connectivity index (χ0) is 16.8. The maximum absolute atomic E-state index is 6.05. The molecule has 0 atom stereocenters. The van der Waals surface area contributed by atoms with Crippen molar-refractivity contribution in [1.29, 1.82) is 0 Å². The number of hydrogen-bond donors (Lipinski definition) is 2. The molecule has 0 spiro atoms. The van der Waals surface area contributed by atoms with Gasteiger partial charge in [-0.15, -0.1) is 0 Å². The highest BCUT2D eigenvalue weighted by atomic mass is 28.4. The highest BCUT2D eigenvalue weighted by molar-refractivity contribution is 6.67. The molecule has 0 saturated carbocycles. The van der Waals surface area contributed by atoms with Crippen LogP contribution in [0.25, 0.3) is 6.08 Å². The van der Waals surface area contributed by atoms with Crippen LogP contribution in [0.5, 0.6) is 0 Å². The van der Waals surface area contributed by atoms with Gasteiger partial charge in [0.05, 0.1) is 0 Å². The van der Waals surface area contributed by atoms with Crippen LogP contribution < -0.4 is 11.1 Å². The summed E-state index contributed by atoms with van der Waals surface area (Å²) < 4.78 is 17.8. The average Bonchev–Trinajstić information content (AvgIpc) is 2.58. The van der Waals surface area contributed by atoms with E-state index >= 15 is 0 Å². The van der Waals surface area contributed by atoms with E-state index in [0.717, 1.165) is 25.1 Å². The predicted molar refractivity (Wildman–Crippen MR) is 97.0 cm³/mol. The van der Waals surface area contributed by atoms with E-state index in [9.17, 15) is 0 Å². The quantitative estimate of drug-likeness (QED) is 0.426. The standard InChI is InChI=1S/C17H30N2O3Si/c1-3-20-23(21-4-2,22-15-8-13-19-14-12-18)16-11-17-9-6-5-7-10-17/h5-7,9-11,16,19H,3-4,8,12-15,18H2,1-2H3. The van der Waals surface area contributed by atoms with Gasteiger partial charge in [-0.3, -0.25) is 0 Å². The molecule has 3 N–H and O–H groups in total. The van der Waals surface area contributed by atoms with E-state index < -0.39 is 8.80 Å². The summed E-state index contributed by atoms with van der Waals surface area (Å²) in [4.78, 5) is 0. The third-order valence-electron chi connectivity index (χ3n) is 3.09.